The minimum atomic E-state index is -0.628. The van der Waals surface area contributed by atoms with Crippen LogP contribution >= 0.6 is 0 Å². The number of hydrogen-bond acceptors (Lipinski definition) is 3. The van der Waals surface area contributed by atoms with Gasteiger partial charge in [-0.15, -0.1) is 0 Å². The maximum absolute atomic E-state index is 12.3. The first kappa shape index (κ1) is 12.9. The van der Waals surface area contributed by atoms with Gasteiger partial charge in [0.05, 0.1) is 5.41 Å². The van der Waals surface area contributed by atoms with E-state index in [2.05, 4.69) is 0 Å². The van der Waals surface area contributed by atoms with Gasteiger partial charge >= 0.3 is 0 Å². The zero-order chi connectivity index (χ0) is 13.5. The number of nitrogens with two attached hydrogens (primary N) is 1. The second-order valence-corrected chi connectivity index (χ2v) is 5.49. The molecule has 2 heterocycles. The van der Waals surface area contributed by atoms with Gasteiger partial charge in [-0.2, -0.15) is 0 Å². The van der Waals surface area contributed by atoms with Gasteiger partial charge in [0, 0.05) is 26.6 Å². The quantitative estimate of drug-likeness (QED) is 0.708. The van der Waals surface area contributed by atoms with Gasteiger partial charge in [0.15, 0.2) is 0 Å². The first-order valence-electron chi connectivity index (χ1n) is 6.19. The molecule has 0 bridgehead atoms. The number of carbonyl (C=O) groups is 3. The van der Waals surface area contributed by atoms with Gasteiger partial charge in [-0.05, 0) is 19.8 Å². The van der Waals surface area contributed by atoms with E-state index in [0.29, 0.717) is 32.4 Å². The predicted molar refractivity (Wildman–Crippen MR) is 64.3 cm³/mol. The molecule has 0 radical (unpaired) electrons. The van der Waals surface area contributed by atoms with Crippen molar-refractivity contribution in [1.82, 2.24) is 9.80 Å². The Morgan fingerprint density at radius 3 is 2.56 bits per heavy atom. The summed E-state index contributed by atoms with van der Waals surface area (Å²) in [5.74, 6) is -0.424. The predicted octanol–water partition coefficient (Wildman–Crippen LogP) is -0.669. The normalized spacial score (nSPS) is 32.1. The smallest absolute Gasteiger partial charge is 0.245 e. The molecule has 3 amide bonds. The molecule has 0 spiro atoms. The van der Waals surface area contributed by atoms with Crippen molar-refractivity contribution in [3.05, 3.63) is 0 Å². The summed E-state index contributed by atoms with van der Waals surface area (Å²) in [6.45, 7) is 2.68. The lowest BCUT2D eigenvalue weighted by atomic mass is 9.89. The summed E-state index contributed by atoms with van der Waals surface area (Å²) >= 11 is 0. The average molecular weight is 253 g/mol. The number of carbonyl (C=O) groups excluding carboxylic acids is 3. The highest BCUT2D eigenvalue weighted by molar-refractivity contribution is 5.91. The maximum Gasteiger partial charge on any atom is 0.245 e. The van der Waals surface area contributed by atoms with Crippen LogP contribution in [0.2, 0.25) is 0 Å². The molecular weight excluding hydrogens is 234 g/mol. The van der Waals surface area contributed by atoms with Crippen LogP contribution < -0.4 is 5.73 Å². The Labute approximate surface area is 106 Å². The van der Waals surface area contributed by atoms with E-state index in [1.54, 1.807) is 18.9 Å². The van der Waals surface area contributed by atoms with Gasteiger partial charge in [-0.3, -0.25) is 14.4 Å². The highest BCUT2D eigenvalue weighted by Crippen LogP contribution is 2.31. The monoisotopic (exact) mass is 253 g/mol. The molecule has 18 heavy (non-hydrogen) atoms. The third-order valence-electron chi connectivity index (χ3n) is 4.16. The Morgan fingerprint density at radius 1 is 1.44 bits per heavy atom. The van der Waals surface area contributed by atoms with E-state index in [9.17, 15) is 14.4 Å². The molecule has 6 nitrogen and oxygen atoms in total. The Balaban J connectivity index is 2.04. The van der Waals surface area contributed by atoms with Gasteiger partial charge < -0.3 is 15.5 Å². The molecule has 100 valence electrons. The number of nitrogens with zero attached hydrogens (tertiary/aromatic N) is 2. The lowest BCUT2D eigenvalue weighted by Gasteiger charge is -2.26. The summed E-state index contributed by atoms with van der Waals surface area (Å²) in [6.07, 6.45) is 1.59. The maximum atomic E-state index is 12.3. The number of likely N-dealkylation sites (tertiary alicyclic amines) is 2. The molecule has 2 N–H and O–H groups in total. The second kappa shape index (κ2) is 4.26. The fourth-order valence-electron chi connectivity index (χ4n) is 2.65. The first-order chi connectivity index (χ1) is 8.35. The Morgan fingerprint density at radius 2 is 2.11 bits per heavy atom. The molecule has 2 unspecified atom stereocenters. The molecule has 2 aliphatic rings. The first-order valence-corrected chi connectivity index (χ1v) is 6.19. The van der Waals surface area contributed by atoms with Gasteiger partial charge in [0.25, 0.3) is 0 Å². The summed E-state index contributed by atoms with van der Waals surface area (Å²) in [5, 5.41) is 0. The Bertz CT molecular complexity index is 409. The number of likely N-dealkylation sites (N-methyl/N-ethyl adjacent to an activating group) is 1. The van der Waals surface area contributed by atoms with E-state index in [1.165, 1.54) is 4.90 Å². The lowest BCUT2D eigenvalue weighted by molar-refractivity contribution is -0.140. The third kappa shape index (κ3) is 1.95. The molecule has 2 aliphatic heterocycles. The number of amides is 3. The molecule has 2 rings (SSSR count). The lowest BCUT2D eigenvalue weighted by Crippen LogP contribution is -2.46. The molecule has 0 aromatic rings. The van der Waals surface area contributed by atoms with Crippen LogP contribution in [0.1, 0.15) is 26.2 Å². The van der Waals surface area contributed by atoms with Crippen molar-refractivity contribution < 1.29 is 14.4 Å². The van der Waals surface area contributed by atoms with E-state index >= 15 is 0 Å². The van der Waals surface area contributed by atoms with E-state index in [4.69, 9.17) is 5.73 Å². The summed E-state index contributed by atoms with van der Waals surface area (Å²) < 4.78 is 0. The highest BCUT2D eigenvalue weighted by atomic mass is 16.2. The minimum absolute atomic E-state index is 0.00482. The van der Waals surface area contributed by atoms with E-state index in [1.807, 2.05) is 0 Å². The fourth-order valence-corrected chi connectivity index (χ4v) is 2.65. The van der Waals surface area contributed by atoms with Crippen LogP contribution in [-0.2, 0) is 14.4 Å². The zero-order valence-electron chi connectivity index (χ0n) is 10.8. The Hall–Kier alpha value is -1.59. The standard InChI is InChI=1S/C12H19N3O3/c1-12(11(13)18)5-6-15(7-12)10(17)8-3-4-9(16)14(8)2/h8H,3-7H2,1-2H3,(H2,13,18). The van der Waals surface area contributed by atoms with Crippen molar-refractivity contribution >= 4 is 17.7 Å². The van der Waals surface area contributed by atoms with Crippen LogP contribution in [0.4, 0.5) is 0 Å². The summed E-state index contributed by atoms with van der Waals surface area (Å²) in [7, 11) is 1.65. The highest BCUT2D eigenvalue weighted by Gasteiger charge is 2.44. The van der Waals surface area contributed by atoms with Crippen LogP contribution in [0, 0.1) is 5.41 Å². The molecule has 0 saturated carbocycles. The molecule has 0 aromatic heterocycles. The van der Waals surface area contributed by atoms with E-state index in [0.717, 1.165) is 0 Å². The van der Waals surface area contributed by atoms with Crippen molar-refractivity contribution in [2.45, 2.75) is 32.2 Å². The van der Waals surface area contributed by atoms with Crippen LogP contribution in [0.25, 0.3) is 0 Å². The van der Waals surface area contributed by atoms with Gasteiger partial charge in [0.2, 0.25) is 17.7 Å². The van der Waals surface area contributed by atoms with E-state index < -0.39 is 5.41 Å². The SMILES string of the molecule is CN1C(=O)CCC1C(=O)N1CCC(C)(C(N)=O)C1. The Kier molecular flexibility index (Phi) is 3.04. The van der Waals surface area contributed by atoms with Gasteiger partial charge in [0.1, 0.15) is 6.04 Å². The minimum Gasteiger partial charge on any atom is -0.369 e. The van der Waals surface area contributed by atoms with Crippen LogP contribution in [0.15, 0.2) is 0 Å². The van der Waals surface area contributed by atoms with Gasteiger partial charge in [-0.25, -0.2) is 0 Å². The molecule has 0 aromatic carbocycles. The van der Waals surface area contributed by atoms with Crippen molar-refractivity contribution in [2.24, 2.45) is 11.1 Å². The number of primary amides is 1. The van der Waals surface area contributed by atoms with Crippen molar-refractivity contribution in [2.75, 3.05) is 20.1 Å². The summed E-state index contributed by atoms with van der Waals surface area (Å²) in [5.41, 5.74) is 4.73. The molecular formula is C12H19N3O3. The van der Waals surface area contributed by atoms with E-state index in [-0.39, 0.29) is 23.8 Å². The molecule has 0 aliphatic carbocycles. The van der Waals surface area contributed by atoms with Gasteiger partial charge in [-0.1, -0.05) is 0 Å². The molecule has 2 atom stereocenters. The zero-order valence-corrected chi connectivity index (χ0v) is 10.8. The topological polar surface area (TPSA) is 83.7 Å². The van der Waals surface area contributed by atoms with Crippen molar-refractivity contribution in [1.29, 1.82) is 0 Å². The third-order valence-corrected chi connectivity index (χ3v) is 4.16. The molecule has 2 saturated heterocycles. The van der Waals surface area contributed by atoms with Crippen molar-refractivity contribution in [3.8, 4) is 0 Å². The second-order valence-electron chi connectivity index (χ2n) is 5.49. The van der Waals surface area contributed by atoms with Crippen LogP contribution in [0.5, 0.6) is 0 Å². The average Bonchev–Trinajstić information content (AvgIpc) is 2.85. The van der Waals surface area contributed by atoms with Crippen molar-refractivity contribution in [3.63, 3.8) is 0 Å². The number of rotatable bonds is 2. The van der Waals surface area contributed by atoms with Crippen LogP contribution in [-0.4, -0.2) is 53.7 Å². The summed E-state index contributed by atoms with van der Waals surface area (Å²) in [4.78, 5) is 38.2. The van der Waals surface area contributed by atoms with Crippen LogP contribution in [0.3, 0.4) is 0 Å². The molecule has 2 fully saturated rings. The summed E-state index contributed by atoms with van der Waals surface area (Å²) in [6, 6.07) is -0.368. The number of hydrogen-bond donors (Lipinski definition) is 1. The molecule has 6 heteroatoms. The fraction of sp³-hybridized carbons (Fsp3) is 0.750. The largest absolute Gasteiger partial charge is 0.369 e.